The van der Waals surface area contributed by atoms with Crippen LogP contribution in [-0.4, -0.2) is 32.7 Å². The molecule has 0 radical (unpaired) electrons. The zero-order valence-electron chi connectivity index (χ0n) is 18.3. The van der Waals surface area contributed by atoms with Gasteiger partial charge in [-0.3, -0.25) is 14.4 Å². The summed E-state index contributed by atoms with van der Waals surface area (Å²) in [5.41, 5.74) is 3.26. The number of ketones is 3. The molecular weight excluding hydrogens is 444 g/mol. The van der Waals surface area contributed by atoms with Gasteiger partial charge in [-0.05, 0) is 58.0 Å². The molecule has 0 fully saturated rings. The summed E-state index contributed by atoms with van der Waals surface area (Å²) in [4.78, 5) is 39.8. The van der Waals surface area contributed by atoms with Crippen LogP contribution >= 0.6 is 0 Å². The molecule has 6 nitrogen and oxygen atoms in total. The highest BCUT2D eigenvalue weighted by molar-refractivity contribution is 6.23. The largest absolute Gasteiger partial charge is 0.507 e. The van der Waals surface area contributed by atoms with Crippen LogP contribution in [0.3, 0.4) is 0 Å². The van der Waals surface area contributed by atoms with Crippen molar-refractivity contribution < 1.29 is 29.7 Å². The minimum atomic E-state index is -1.04. The van der Waals surface area contributed by atoms with Crippen molar-refractivity contribution >= 4 is 28.5 Å². The molecule has 35 heavy (non-hydrogen) atoms. The zero-order valence-corrected chi connectivity index (χ0v) is 18.3. The minimum absolute atomic E-state index is 0.00446. The predicted octanol–water partition coefficient (Wildman–Crippen LogP) is 4.56. The molecule has 2 unspecified atom stereocenters. The number of hydrogen-bond acceptors (Lipinski definition) is 6. The molecule has 3 N–H and O–H groups in total. The van der Waals surface area contributed by atoms with Gasteiger partial charge in [-0.15, -0.1) is 0 Å². The molecule has 4 aliphatic carbocycles. The average Bonchev–Trinajstić information content (AvgIpc) is 3.05. The maximum absolute atomic E-state index is 13.5. The van der Waals surface area contributed by atoms with Crippen molar-refractivity contribution in [1.82, 2.24) is 0 Å². The molecule has 3 aromatic rings. The molecular formula is C29H18O6. The van der Waals surface area contributed by atoms with Crippen LogP contribution in [0.4, 0.5) is 0 Å². The third-order valence-corrected chi connectivity index (χ3v) is 8.00. The van der Waals surface area contributed by atoms with E-state index in [0.29, 0.717) is 33.4 Å². The Hall–Kier alpha value is -4.45. The van der Waals surface area contributed by atoms with E-state index in [4.69, 9.17) is 0 Å². The lowest BCUT2D eigenvalue weighted by Crippen LogP contribution is -2.42. The summed E-state index contributed by atoms with van der Waals surface area (Å²) in [7, 11) is 0. The van der Waals surface area contributed by atoms with Crippen molar-refractivity contribution in [3.8, 4) is 17.2 Å². The fourth-order valence-electron chi connectivity index (χ4n) is 6.85. The van der Waals surface area contributed by atoms with E-state index < -0.39 is 11.3 Å². The maximum atomic E-state index is 13.5. The topological polar surface area (TPSA) is 112 Å². The highest BCUT2D eigenvalue weighted by Gasteiger charge is 2.59. The number of hydrogen-bond donors (Lipinski definition) is 3. The number of phenolic OH excluding ortho intramolecular Hbond substituents is 3. The molecule has 3 aromatic carbocycles. The van der Waals surface area contributed by atoms with E-state index in [2.05, 4.69) is 0 Å². The minimum Gasteiger partial charge on any atom is -0.507 e. The Morgan fingerprint density at radius 3 is 2.06 bits per heavy atom. The third-order valence-electron chi connectivity index (χ3n) is 8.00. The van der Waals surface area contributed by atoms with Gasteiger partial charge in [-0.1, -0.05) is 36.4 Å². The molecule has 0 heterocycles. The van der Waals surface area contributed by atoms with Gasteiger partial charge in [-0.25, -0.2) is 0 Å². The zero-order chi connectivity index (χ0) is 24.2. The SMILES string of the molecule is O=C1CC2CC(=O)c3c(O)cccc3C23C(=C2C=CC(=O)c4c(O)ccc3c42)c2cccc(O)c21. The number of carbonyl (C=O) groups excluding carboxylic acids is 3. The van der Waals surface area contributed by atoms with Gasteiger partial charge < -0.3 is 15.3 Å². The van der Waals surface area contributed by atoms with E-state index in [0.717, 1.165) is 0 Å². The smallest absolute Gasteiger partial charge is 0.190 e. The van der Waals surface area contributed by atoms with Gasteiger partial charge in [0.05, 0.1) is 22.1 Å². The Labute approximate surface area is 199 Å². The first kappa shape index (κ1) is 20.0. The van der Waals surface area contributed by atoms with E-state index in [-0.39, 0.29) is 64.1 Å². The van der Waals surface area contributed by atoms with Crippen molar-refractivity contribution in [1.29, 1.82) is 0 Å². The van der Waals surface area contributed by atoms with Crippen LogP contribution < -0.4 is 0 Å². The summed E-state index contributed by atoms with van der Waals surface area (Å²) in [6.07, 6.45) is 3.09. The number of carbonyl (C=O) groups is 3. The lowest BCUT2D eigenvalue weighted by Gasteiger charge is -2.44. The normalized spacial score (nSPS) is 23.3. The van der Waals surface area contributed by atoms with Gasteiger partial charge in [0.25, 0.3) is 0 Å². The van der Waals surface area contributed by atoms with E-state index in [1.54, 1.807) is 36.4 Å². The summed E-state index contributed by atoms with van der Waals surface area (Å²) in [5, 5.41) is 32.2. The second kappa shape index (κ2) is 6.36. The number of fused-ring (bicyclic) bond motifs is 3. The Morgan fingerprint density at radius 1 is 0.657 bits per heavy atom. The fourth-order valence-corrected chi connectivity index (χ4v) is 6.85. The Balaban J connectivity index is 1.76. The van der Waals surface area contributed by atoms with Crippen LogP contribution in [0, 0.1) is 5.92 Å². The van der Waals surface area contributed by atoms with Crippen molar-refractivity contribution in [3.63, 3.8) is 0 Å². The van der Waals surface area contributed by atoms with Gasteiger partial charge in [0.2, 0.25) is 0 Å². The van der Waals surface area contributed by atoms with Gasteiger partial charge >= 0.3 is 0 Å². The van der Waals surface area contributed by atoms with Crippen molar-refractivity contribution in [3.05, 3.63) is 99.6 Å². The monoisotopic (exact) mass is 462 g/mol. The van der Waals surface area contributed by atoms with Crippen LogP contribution in [0.5, 0.6) is 17.2 Å². The highest BCUT2D eigenvalue weighted by Crippen LogP contribution is 2.66. The average molecular weight is 462 g/mol. The van der Waals surface area contributed by atoms with E-state index in [1.165, 1.54) is 24.3 Å². The Kier molecular flexibility index (Phi) is 3.63. The summed E-state index contributed by atoms with van der Waals surface area (Å²) in [6, 6.07) is 13.1. The van der Waals surface area contributed by atoms with Crippen LogP contribution in [0.15, 0.2) is 60.7 Å². The second-order valence-corrected chi connectivity index (χ2v) is 9.53. The lowest BCUT2D eigenvalue weighted by atomic mass is 9.56. The van der Waals surface area contributed by atoms with E-state index >= 15 is 0 Å². The number of aromatic hydroxyl groups is 3. The van der Waals surface area contributed by atoms with Gasteiger partial charge in [0.1, 0.15) is 17.2 Å². The van der Waals surface area contributed by atoms with Crippen LogP contribution in [0.1, 0.15) is 66.2 Å². The van der Waals surface area contributed by atoms with Gasteiger partial charge in [0, 0.05) is 18.4 Å². The summed E-state index contributed by atoms with van der Waals surface area (Å²) < 4.78 is 0. The molecule has 6 heteroatoms. The standard InChI is InChI=1S/C29H18O6/c30-18-5-1-3-14-25(18)22(34)11-13-12-23(35)26-16(4-2-6-19(26)31)29(13)17-8-10-21(33)27-20(32)9-7-15(24(17)27)28(14)29/h1-10,13,30-31,33H,11-12H2. The van der Waals surface area contributed by atoms with E-state index in [9.17, 15) is 29.7 Å². The first-order valence-electron chi connectivity index (χ1n) is 11.4. The summed E-state index contributed by atoms with van der Waals surface area (Å²) >= 11 is 0. The number of Topliss-reactive ketones (excluding diaryl/α,β-unsaturated/α-hetero) is 2. The summed E-state index contributed by atoms with van der Waals surface area (Å²) in [6.45, 7) is 0. The molecule has 1 spiro atoms. The first-order chi connectivity index (χ1) is 16.9. The molecule has 0 aromatic heterocycles. The van der Waals surface area contributed by atoms with Crippen molar-refractivity contribution in [2.45, 2.75) is 18.3 Å². The summed E-state index contributed by atoms with van der Waals surface area (Å²) in [5.74, 6) is -1.80. The van der Waals surface area contributed by atoms with Crippen molar-refractivity contribution in [2.24, 2.45) is 5.92 Å². The molecule has 170 valence electrons. The molecule has 2 atom stereocenters. The van der Waals surface area contributed by atoms with Crippen LogP contribution in [-0.2, 0) is 5.41 Å². The van der Waals surface area contributed by atoms with Crippen LogP contribution in [0.2, 0.25) is 0 Å². The van der Waals surface area contributed by atoms with Gasteiger partial charge in [0.15, 0.2) is 17.3 Å². The van der Waals surface area contributed by atoms with Gasteiger partial charge in [-0.2, -0.15) is 0 Å². The second-order valence-electron chi connectivity index (χ2n) is 9.53. The third kappa shape index (κ3) is 2.17. The Bertz CT molecular complexity index is 1640. The number of rotatable bonds is 0. The first-order valence-corrected chi connectivity index (χ1v) is 11.4. The van der Waals surface area contributed by atoms with Crippen LogP contribution in [0.25, 0.3) is 11.1 Å². The number of benzene rings is 3. The quantitative estimate of drug-likeness (QED) is 0.452. The molecule has 0 saturated carbocycles. The molecule has 0 saturated heterocycles. The predicted molar refractivity (Wildman–Crippen MR) is 127 cm³/mol. The Morgan fingerprint density at radius 2 is 1.29 bits per heavy atom. The number of allylic oxidation sites excluding steroid dienone is 4. The molecule has 7 rings (SSSR count). The lowest BCUT2D eigenvalue weighted by molar-refractivity contribution is 0.0883. The van der Waals surface area contributed by atoms with Crippen molar-refractivity contribution in [2.75, 3.05) is 0 Å². The molecule has 4 aliphatic rings. The number of phenols is 3. The maximum Gasteiger partial charge on any atom is 0.190 e. The highest BCUT2D eigenvalue weighted by atomic mass is 16.3. The molecule has 0 bridgehead atoms. The van der Waals surface area contributed by atoms with E-state index in [1.807, 2.05) is 0 Å². The molecule has 0 aliphatic heterocycles. The molecule has 0 amide bonds. The fraction of sp³-hybridized carbons (Fsp3) is 0.138.